The number of carbonyl (C=O) groups is 3. The van der Waals surface area contributed by atoms with Crippen LogP contribution in [0.15, 0.2) is 41.6 Å². The lowest BCUT2D eigenvalue weighted by molar-refractivity contribution is -0.146. The summed E-state index contributed by atoms with van der Waals surface area (Å²) in [7, 11) is 0. The molecule has 0 radical (unpaired) electrons. The number of benzene rings is 1. The van der Waals surface area contributed by atoms with Gasteiger partial charge in [0.05, 0.1) is 18.2 Å². The second kappa shape index (κ2) is 6.08. The number of nitrogens with zero attached hydrogens (tertiary/aromatic N) is 1. The van der Waals surface area contributed by atoms with E-state index >= 15 is 0 Å². The van der Waals surface area contributed by atoms with E-state index < -0.39 is 11.3 Å². The Hall–Kier alpha value is -2.28. The van der Waals surface area contributed by atoms with Crippen molar-refractivity contribution >= 4 is 29.5 Å². The topological polar surface area (TPSA) is 86.7 Å². The van der Waals surface area contributed by atoms with Crippen LogP contribution in [0.4, 0.5) is 0 Å². The van der Waals surface area contributed by atoms with E-state index in [0.29, 0.717) is 12.0 Å². The van der Waals surface area contributed by atoms with Crippen LogP contribution in [0.5, 0.6) is 0 Å². The van der Waals surface area contributed by atoms with E-state index in [9.17, 15) is 19.5 Å². The molecule has 0 saturated carbocycles. The van der Waals surface area contributed by atoms with Crippen molar-refractivity contribution in [3.8, 4) is 0 Å². The molecule has 1 aromatic rings. The molecule has 2 heterocycles. The molecule has 1 unspecified atom stereocenters. The van der Waals surface area contributed by atoms with Gasteiger partial charge in [-0.15, -0.1) is 11.8 Å². The summed E-state index contributed by atoms with van der Waals surface area (Å²) in [4.78, 5) is 36.6. The van der Waals surface area contributed by atoms with E-state index in [2.05, 4.69) is 5.32 Å². The van der Waals surface area contributed by atoms with E-state index in [0.717, 1.165) is 5.56 Å². The monoisotopic (exact) mass is 332 g/mol. The minimum Gasteiger partial charge on any atom is -0.477 e. The number of hydrogen-bond acceptors (Lipinski definition) is 4. The molecular weight excluding hydrogens is 316 g/mol. The minimum absolute atomic E-state index is 0.00462. The largest absolute Gasteiger partial charge is 0.477 e. The smallest absolute Gasteiger partial charge is 0.352 e. The minimum atomic E-state index is -1.14. The maximum Gasteiger partial charge on any atom is 0.352 e. The summed E-state index contributed by atoms with van der Waals surface area (Å²) in [5.41, 5.74) is 1.38. The number of carboxylic acids is 1. The number of thioether (sulfide) groups is 1. The maximum absolute atomic E-state index is 12.2. The fourth-order valence-electron chi connectivity index (χ4n) is 2.73. The first-order valence-corrected chi connectivity index (χ1v) is 8.16. The zero-order valence-electron chi connectivity index (χ0n) is 12.5. The normalized spacial score (nSPS) is 23.2. The maximum atomic E-state index is 12.2. The summed E-state index contributed by atoms with van der Waals surface area (Å²) in [6, 6.07) is 9.34. The Morgan fingerprint density at radius 1 is 1.35 bits per heavy atom. The predicted octanol–water partition coefficient (Wildman–Crippen LogP) is 1.34. The first kappa shape index (κ1) is 15.6. The molecule has 0 aliphatic carbocycles. The Labute approximate surface area is 137 Å². The lowest BCUT2D eigenvalue weighted by atomic mass is 10.1. The van der Waals surface area contributed by atoms with Crippen LogP contribution in [-0.4, -0.2) is 38.5 Å². The quantitative estimate of drug-likeness (QED) is 0.813. The van der Waals surface area contributed by atoms with Crippen molar-refractivity contribution in [3.63, 3.8) is 0 Å². The van der Waals surface area contributed by atoms with Crippen molar-refractivity contribution in [3.05, 3.63) is 47.2 Å². The molecule has 23 heavy (non-hydrogen) atoms. The number of amides is 2. The number of fused-ring (bicyclic) bond motifs is 1. The summed E-state index contributed by atoms with van der Waals surface area (Å²) >= 11 is 1.41. The van der Waals surface area contributed by atoms with Crippen molar-refractivity contribution in [1.82, 2.24) is 10.2 Å². The number of β-lactam (4-membered cyclic amide) rings is 1. The summed E-state index contributed by atoms with van der Waals surface area (Å²) in [6.07, 6.45) is 0.542. The summed E-state index contributed by atoms with van der Waals surface area (Å²) in [5, 5.41) is 11.6. The number of hydrogen-bond donors (Lipinski definition) is 2. The van der Waals surface area contributed by atoms with E-state index in [1.165, 1.54) is 16.7 Å². The van der Waals surface area contributed by atoms with E-state index in [1.54, 1.807) is 6.92 Å². The SMILES string of the molecule is CC1=C(C(=O)O)N2C(=O)C[C@H]2SC1NC(=O)Cc1ccccc1. The molecule has 0 spiro atoms. The summed E-state index contributed by atoms with van der Waals surface area (Å²) in [6.45, 7) is 1.64. The van der Waals surface area contributed by atoms with Gasteiger partial charge in [0.1, 0.15) is 11.1 Å². The van der Waals surface area contributed by atoms with Crippen LogP contribution in [0.2, 0.25) is 0 Å². The molecule has 0 bridgehead atoms. The van der Waals surface area contributed by atoms with Gasteiger partial charge in [0.15, 0.2) is 0 Å². The van der Waals surface area contributed by atoms with Crippen LogP contribution in [-0.2, 0) is 20.8 Å². The number of carboxylic acid groups (broad SMARTS) is 1. The van der Waals surface area contributed by atoms with Crippen LogP contribution in [0.1, 0.15) is 18.9 Å². The standard InChI is InChI=1S/C16H16N2O4S/c1-9-14(16(21)22)18-12(20)8-13(18)23-15(9)17-11(19)7-10-5-3-2-4-6-10/h2-6,13,15H,7-8H2,1H3,(H,17,19)(H,21,22)/t13-,15?/m1/s1. The molecule has 2 atom stereocenters. The van der Waals surface area contributed by atoms with Crippen LogP contribution in [0.25, 0.3) is 0 Å². The molecule has 2 aliphatic rings. The van der Waals surface area contributed by atoms with Gasteiger partial charge in [0.25, 0.3) is 0 Å². The van der Waals surface area contributed by atoms with Gasteiger partial charge in [-0.1, -0.05) is 30.3 Å². The zero-order valence-corrected chi connectivity index (χ0v) is 13.3. The number of carbonyl (C=O) groups excluding carboxylic acids is 2. The van der Waals surface area contributed by atoms with Gasteiger partial charge < -0.3 is 10.4 Å². The van der Waals surface area contributed by atoms with E-state index in [4.69, 9.17) is 0 Å². The van der Waals surface area contributed by atoms with Gasteiger partial charge in [0.2, 0.25) is 11.8 Å². The van der Waals surface area contributed by atoms with Crippen molar-refractivity contribution in [2.45, 2.75) is 30.5 Å². The molecule has 1 saturated heterocycles. The second-order valence-electron chi connectivity index (χ2n) is 5.51. The zero-order chi connectivity index (χ0) is 16.6. The molecule has 6 nitrogen and oxygen atoms in total. The Morgan fingerprint density at radius 2 is 2.04 bits per heavy atom. The van der Waals surface area contributed by atoms with Gasteiger partial charge in [-0.2, -0.15) is 0 Å². The van der Waals surface area contributed by atoms with Crippen molar-refractivity contribution in [2.24, 2.45) is 0 Å². The van der Waals surface area contributed by atoms with Crippen LogP contribution in [0.3, 0.4) is 0 Å². The average Bonchev–Trinajstić information content (AvgIpc) is 2.50. The van der Waals surface area contributed by atoms with Gasteiger partial charge in [-0.25, -0.2) is 4.79 Å². The number of aliphatic carboxylic acids is 1. The molecular formula is C16H16N2O4S. The highest BCUT2D eigenvalue weighted by atomic mass is 32.2. The predicted molar refractivity (Wildman–Crippen MR) is 85.3 cm³/mol. The number of rotatable bonds is 4. The molecule has 0 aromatic heterocycles. The fraction of sp³-hybridized carbons (Fsp3) is 0.312. The second-order valence-corrected chi connectivity index (χ2v) is 6.79. The fourth-order valence-corrected chi connectivity index (χ4v) is 4.14. The molecule has 2 N–H and O–H groups in total. The number of nitrogens with one attached hydrogen (secondary N) is 1. The summed E-state index contributed by atoms with van der Waals surface area (Å²) < 4.78 is 0. The van der Waals surface area contributed by atoms with Gasteiger partial charge in [-0.05, 0) is 18.1 Å². The Bertz CT molecular complexity index is 701. The lowest BCUT2D eigenvalue weighted by Gasteiger charge is -2.46. The van der Waals surface area contributed by atoms with E-state index in [-0.39, 0.29) is 29.3 Å². The molecule has 3 rings (SSSR count). The third-order valence-electron chi connectivity index (χ3n) is 3.91. The van der Waals surface area contributed by atoms with Gasteiger partial charge in [-0.3, -0.25) is 14.5 Å². The molecule has 1 fully saturated rings. The Kier molecular flexibility index (Phi) is 4.12. The third-order valence-corrected chi connectivity index (χ3v) is 5.34. The van der Waals surface area contributed by atoms with Crippen molar-refractivity contribution in [2.75, 3.05) is 0 Å². The first-order chi connectivity index (χ1) is 11.0. The first-order valence-electron chi connectivity index (χ1n) is 7.22. The molecule has 7 heteroatoms. The van der Waals surface area contributed by atoms with Crippen LogP contribution >= 0.6 is 11.8 Å². The van der Waals surface area contributed by atoms with Crippen LogP contribution in [0, 0.1) is 0 Å². The molecule has 1 aromatic carbocycles. The Balaban J connectivity index is 1.75. The lowest BCUT2D eigenvalue weighted by Crippen LogP contribution is -2.57. The third kappa shape index (κ3) is 2.96. The molecule has 2 aliphatic heterocycles. The van der Waals surface area contributed by atoms with Gasteiger partial charge >= 0.3 is 5.97 Å². The Morgan fingerprint density at radius 3 is 2.65 bits per heavy atom. The molecule has 2 amide bonds. The highest BCUT2D eigenvalue weighted by Crippen LogP contribution is 2.42. The van der Waals surface area contributed by atoms with Crippen molar-refractivity contribution < 1.29 is 19.5 Å². The van der Waals surface area contributed by atoms with Gasteiger partial charge in [0, 0.05) is 0 Å². The molecule has 120 valence electrons. The highest BCUT2D eigenvalue weighted by Gasteiger charge is 2.47. The van der Waals surface area contributed by atoms with E-state index in [1.807, 2.05) is 30.3 Å². The van der Waals surface area contributed by atoms with Crippen molar-refractivity contribution in [1.29, 1.82) is 0 Å². The average molecular weight is 332 g/mol. The summed E-state index contributed by atoms with van der Waals surface area (Å²) in [5.74, 6) is -1.49. The highest BCUT2D eigenvalue weighted by molar-refractivity contribution is 8.00. The van der Waals surface area contributed by atoms with Crippen LogP contribution < -0.4 is 5.32 Å².